The Labute approximate surface area is 113 Å². The molecule has 1 aromatic carbocycles. The average Bonchev–Trinajstić information content (AvgIpc) is 3.20. The van der Waals surface area contributed by atoms with Gasteiger partial charge >= 0.3 is 0 Å². The minimum atomic E-state index is -0.594. The van der Waals surface area contributed by atoms with Gasteiger partial charge in [-0.05, 0) is 29.9 Å². The molecular weight excluding hydrogens is 240 g/mol. The van der Waals surface area contributed by atoms with E-state index in [1.807, 2.05) is 24.3 Å². The summed E-state index contributed by atoms with van der Waals surface area (Å²) in [6, 6.07) is 7.77. The molecule has 3 N–H and O–H groups in total. The zero-order valence-corrected chi connectivity index (χ0v) is 11.0. The van der Waals surface area contributed by atoms with Crippen LogP contribution in [0.25, 0.3) is 0 Å². The van der Waals surface area contributed by atoms with E-state index in [9.17, 15) is 9.90 Å². The second kappa shape index (κ2) is 4.62. The van der Waals surface area contributed by atoms with Crippen molar-refractivity contribution in [2.45, 2.75) is 31.4 Å². The second-order valence-electron chi connectivity index (χ2n) is 5.78. The Morgan fingerprint density at radius 3 is 2.53 bits per heavy atom. The van der Waals surface area contributed by atoms with Crippen LogP contribution in [0.2, 0.25) is 0 Å². The van der Waals surface area contributed by atoms with E-state index in [0.29, 0.717) is 32.0 Å². The number of nitrogens with two attached hydrogens (primary N) is 1. The number of carbonyl (C=O) groups is 1. The molecule has 102 valence electrons. The molecule has 3 rings (SSSR count). The monoisotopic (exact) mass is 260 g/mol. The molecular formula is C15H20N2O2. The van der Waals surface area contributed by atoms with Crippen LogP contribution in [0.5, 0.6) is 0 Å². The van der Waals surface area contributed by atoms with Crippen molar-refractivity contribution >= 4 is 5.91 Å². The first kappa shape index (κ1) is 12.6. The summed E-state index contributed by atoms with van der Waals surface area (Å²) in [6.45, 7) is 1.46. The molecule has 1 aliphatic carbocycles. The van der Waals surface area contributed by atoms with Crippen molar-refractivity contribution in [3.63, 3.8) is 0 Å². The van der Waals surface area contributed by atoms with E-state index in [1.54, 1.807) is 4.90 Å². The summed E-state index contributed by atoms with van der Waals surface area (Å²) in [5.41, 5.74) is 7.10. The summed E-state index contributed by atoms with van der Waals surface area (Å²) in [7, 11) is 0. The number of benzene rings is 1. The molecule has 0 unspecified atom stereocenters. The molecule has 0 radical (unpaired) electrons. The van der Waals surface area contributed by atoms with Gasteiger partial charge in [0.1, 0.15) is 5.60 Å². The fourth-order valence-corrected chi connectivity index (χ4v) is 2.87. The van der Waals surface area contributed by atoms with Crippen molar-refractivity contribution in [1.29, 1.82) is 0 Å². The predicted molar refractivity (Wildman–Crippen MR) is 72.3 cm³/mol. The van der Waals surface area contributed by atoms with Crippen LogP contribution in [0, 0.1) is 5.92 Å². The fourth-order valence-electron chi connectivity index (χ4n) is 2.87. The van der Waals surface area contributed by atoms with Gasteiger partial charge in [-0.2, -0.15) is 0 Å². The number of nitrogens with zero attached hydrogens (tertiary/aromatic N) is 1. The predicted octanol–water partition coefficient (Wildman–Crippen LogP) is 0.671. The highest BCUT2D eigenvalue weighted by molar-refractivity contribution is 5.80. The number of hydrogen-bond donors (Lipinski definition) is 2. The van der Waals surface area contributed by atoms with Crippen LogP contribution in [0.1, 0.15) is 24.0 Å². The quantitative estimate of drug-likeness (QED) is 0.836. The molecule has 0 atom stereocenters. The molecule has 19 heavy (non-hydrogen) atoms. The van der Waals surface area contributed by atoms with E-state index in [2.05, 4.69) is 0 Å². The van der Waals surface area contributed by atoms with Crippen molar-refractivity contribution < 1.29 is 9.90 Å². The van der Waals surface area contributed by atoms with Gasteiger partial charge in [0.25, 0.3) is 0 Å². The smallest absolute Gasteiger partial charge is 0.227 e. The average molecular weight is 260 g/mol. The highest BCUT2D eigenvalue weighted by Gasteiger charge is 2.53. The highest BCUT2D eigenvalue weighted by atomic mass is 16.3. The second-order valence-corrected chi connectivity index (χ2v) is 5.78. The van der Waals surface area contributed by atoms with Crippen LogP contribution >= 0.6 is 0 Å². The third-order valence-corrected chi connectivity index (χ3v) is 4.30. The summed E-state index contributed by atoms with van der Waals surface area (Å²) in [6.07, 6.45) is 2.59. The third kappa shape index (κ3) is 2.38. The van der Waals surface area contributed by atoms with Gasteiger partial charge in [0.05, 0.1) is 19.5 Å². The zero-order valence-electron chi connectivity index (χ0n) is 11.0. The SMILES string of the molecule is NCc1ccccc1CC(=O)N1CC(O)(C2CC2)C1. The van der Waals surface area contributed by atoms with Crippen LogP contribution in [0.3, 0.4) is 0 Å². The molecule has 0 bridgehead atoms. The van der Waals surface area contributed by atoms with Crippen LogP contribution < -0.4 is 5.73 Å². The van der Waals surface area contributed by atoms with E-state index < -0.39 is 5.60 Å². The molecule has 4 heteroatoms. The van der Waals surface area contributed by atoms with Crippen molar-refractivity contribution in [3.8, 4) is 0 Å². The van der Waals surface area contributed by atoms with Gasteiger partial charge < -0.3 is 15.7 Å². The maximum Gasteiger partial charge on any atom is 0.227 e. The van der Waals surface area contributed by atoms with Crippen LogP contribution in [-0.2, 0) is 17.8 Å². The minimum absolute atomic E-state index is 0.0891. The van der Waals surface area contributed by atoms with Crippen molar-refractivity contribution in [2.24, 2.45) is 11.7 Å². The maximum atomic E-state index is 12.2. The topological polar surface area (TPSA) is 66.6 Å². The van der Waals surface area contributed by atoms with Crippen molar-refractivity contribution in [2.75, 3.05) is 13.1 Å². The molecule has 1 saturated heterocycles. The number of hydrogen-bond acceptors (Lipinski definition) is 3. The van der Waals surface area contributed by atoms with Crippen LogP contribution in [0.15, 0.2) is 24.3 Å². The van der Waals surface area contributed by atoms with E-state index in [-0.39, 0.29) is 5.91 Å². The lowest BCUT2D eigenvalue weighted by atomic mass is 9.88. The highest BCUT2D eigenvalue weighted by Crippen LogP contribution is 2.44. The molecule has 1 aliphatic heterocycles. The first-order valence-electron chi connectivity index (χ1n) is 6.89. The van der Waals surface area contributed by atoms with Crippen LogP contribution in [-0.4, -0.2) is 34.6 Å². The first-order valence-corrected chi connectivity index (χ1v) is 6.89. The number of amides is 1. The lowest BCUT2D eigenvalue weighted by Crippen LogP contribution is -2.65. The summed E-state index contributed by atoms with van der Waals surface area (Å²) < 4.78 is 0. The van der Waals surface area contributed by atoms with Gasteiger partial charge in [0.15, 0.2) is 0 Å². The third-order valence-electron chi connectivity index (χ3n) is 4.30. The normalized spacial score (nSPS) is 21.1. The molecule has 0 aromatic heterocycles. The van der Waals surface area contributed by atoms with Gasteiger partial charge in [0, 0.05) is 6.54 Å². The van der Waals surface area contributed by atoms with Gasteiger partial charge in [-0.15, -0.1) is 0 Å². The Hall–Kier alpha value is -1.39. The minimum Gasteiger partial charge on any atom is -0.386 e. The van der Waals surface area contributed by atoms with E-state index in [0.717, 1.165) is 24.0 Å². The lowest BCUT2D eigenvalue weighted by Gasteiger charge is -2.47. The Morgan fingerprint density at radius 1 is 1.32 bits per heavy atom. The Kier molecular flexibility index (Phi) is 3.07. The van der Waals surface area contributed by atoms with Crippen LogP contribution in [0.4, 0.5) is 0 Å². The van der Waals surface area contributed by atoms with E-state index >= 15 is 0 Å². The zero-order chi connectivity index (χ0) is 13.5. The molecule has 2 aliphatic rings. The molecule has 0 spiro atoms. The number of likely N-dealkylation sites (tertiary alicyclic amines) is 1. The molecule has 1 saturated carbocycles. The molecule has 4 nitrogen and oxygen atoms in total. The van der Waals surface area contributed by atoms with Gasteiger partial charge in [0.2, 0.25) is 5.91 Å². The molecule has 1 aromatic rings. The van der Waals surface area contributed by atoms with Gasteiger partial charge in [-0.1, -0.05) is 24.3 Å². The first-order chi connectivity index (χ1) is 9.12. The van der Waals surface area contributed by atoms with Gasteiger partial charge in [-0.25, -0.2) is 0 Å². The number of carbonyl (C=O) groups excluding carboxylic acids is 1. The van der Waals surface area contributed by atoms with Crippen molar-refractivity contribution in [1.82, 2.24) is 4.90 Å². The summed E-state index contributed by atoms with van der Waals surface area (Å²) >= 11 is 0. The van der Waals surface area contributed by atoms with E-state index in [1.165, 1.54) is 0 Å². The Balaban J connectivity index is 1.60. The van der Waals surface area contributed by atoms with Gasteiger partial charge in [-0.3, -0.25) is 4.79 Å². The van der Waals surface area contributed by atoms with E-state index in [4.69, 9.17) is 5.73 Å². The molecule has 1 amide bonds. The van der Waals surface area contributed by atoms with Crippen molar-refractivity contribution in [3.05, 3.63) is 35.4 Å². The number of β-amino-alcohol motifs (C(OH)–C–C–N with tert-alkyl or cyclic N) is 1. The fraction of sp³-hybridized carbons (Fsp3) is 0.533. The largest absolute Gasteiger partial charge is 0.386 e. The number of aliphatic hydroxyl groups is 1. The molecule has 2 fully saturated rings. The standard InChI is InChI=1S/C15H20N2O2/c16-8-12-4-2-1-3-11(12)7-14(18)17-9-15(19,10-17)13-5-6-13/h1-4,13,19H,5-10,16H2. The maximum absolute atomic E-state index is 12.2. The Morgan fingerprint density at radius 2 is 1.95 bits per heavy atom. The lowest BCUT2D eigenvalue weighted by molar-refractivity contribution is -0.158. The number of rotatable bonds is 4. The summed E-state index contributed by atoms with van der Waals surface area (Å²) in [5.74, 6) is 0.513. The Bertz CT molecular complexity index is 491. The summed E-state index contributed by atoms with van der Waals surface area (Å²) in [5, 5.41) is 10.2. The summed E-state index contributed by atoms with van der Waals surface area (Å²) in [4.78, 5) is 13.9. The molecule has 1 heterocycles.